The molecular formula is C18H19N7O2. The molecular weight excluding hydrogens is 346 g/mol. The van der Waals surface area contributed by atoms with E-state index in [0.717, 1.165) is 10.9 Å². The summed E-state index contributed by atoms with van der Waals surface area (Å²) in [6.07, 6.45) is 3.19. The van der Waals surface area contributed by atoms with Crippen LogP contribution in [0.5, 0.6) is 0 Å². The lowest BCUT2D eigenvalue weighted by Gasteiger charge is -2.09. The van der Waals surface area contributed by atoms with Crippen LogP contribution in [-0.2, 0) is 7.05 Å². The van der Waals surface area contributed by atoms with E-state index in [1.807, 2.05) is 25.4 Å². The number of aryl methyl sites for hydroxylation is 1. The van der Waals surface area contributed by atoms with Crippen LogP contribution in [-0.4, -0.2) is 51.5 Å². The van der Waals surface area contributed by atoms with E-state index < -0.39 is 5.91 Å². The number of nitrogens with one attached hydrogen (secondary N) is 1. The molecule has 3 aromatic rings. The summed E-state index contributed by atoms with van der Waals surface area (Å²) in [5.74, 6) is -0.749. The van der Waals surface area contributed by atoms with Crippen molar-refractivity contribution in [1.82, 2.24) is 25.0 Å². The molecule has 27 heavy (non-hydrogen) atoms. The van der Waals surface area contributed by atoms with Crippen LogP contribution < -0.4 is 11.1 Å². The average molecular weight is 365 g/mol. The Morgan fingerprint density at radius 3 is 2.67 bits per heavy atom. The number of nitrogens with zero attached hydrogens (tertiary/aromatic N) is 5. The quantitative estimate of drug-likeness (QED) is 0.531. The Morgan fingerprint density at radius 2 is 2.00 bits per heavy atom. The van der Waals surface area contributed by atoms with Gasteiger partial charge in [-0.05, 0) is 30.3 Å². The van der Waals surface area contributed by atoms with Gasteiger partial charge in [0.1, 0.15) is 5.69 Å². The fraction of sp³-hybridized carbons (Fsp3) is 0.167. The molecule has 0 atom stereocenters. The van der Waals surface area contributed by atoms with Crippen LogP contribution in [0.2, 0.25) is 0 Å². The molecule has 1 aromatic carbocycles. The molecule has 9 nitrogen and oxygen atoms in total. The first-order valence-electron chi connectivity index (χ1n) is 8.10. The first-order valence-corrected chi connectivity index (χ1v) is 8.10. The zero-order chi connectivity index (χ0) is 19.6. The molecule has 0 saturated heterocycles. The Bertz CT molecular complexity index is 1040. The van der Waals surface area contributed by atoms with Gasteiger partial charge in [0, 0.05) is 38.9 Å². The fourth-order valence-corrected chi connectivity index (χ4v) is 2.45. The summed E-state index contributed by atoms with van der Waals surface area (Å²) >= 11 is 0. The van der Waals surface area contributed by atoms with Gasteiger partial charge in [-0.2, -0.15) is 5.10 Å². The predicted molar refractivity (Wildman–Crippen MR) is 102 cm³/mol. The lowest BCUT2D eigenvalue weighted by molar-refractivity contribution is 0.0821. The van der Waals surface area contributed by atoms with Crippen molar-refractivity contribution in [3.05, 3.63) is 54.0 Å². The summed E-state index contributed by atoms with van der Waals surface area (Å²) in [7, 11) is 5.10. The highest BCUT2D eigenvalue weighted by Crippen LogP contribution is 2.19. The number of amides is 2. The van der Waals surface area contributed by atoms with Crippen LogP contribution in [0.4, 0.5) is 5.69 Å². The Kier molecular flexibility index (Phi) is 4.84. The molecule has 2 amide bonds. The number of hydrogen-bond donors (Lipinski definition) is 2. The number of carbonyl (C=O) groups is 2. The lowest BCUT2D eigenvalue weighted by atomic mass is 10.2. The Balaban J connectivity index is 1.72. The summed E-state index contributed by atoms with van der Waals surface area (Å²) in [6.45, 7) is 0. The smallest absolute Gasteiger partial charge is 0.271 e. The average Bonchev–Trinajstić information content (AvgIpc) is 3.00. The van der Waals surface area contributed by atoms with Crippen molar-refractivity contribution < 1.29 is 9.59 Å². The number of fused-ring (bicyclic) bond motifs is 1. The second-order valence-electron chi connectivity index (χ2n) is 6.13. The molecule has 2 aromatic heterocycles. The van der Waals surface area contributed by atoms with Crippen molar-refractivity contribution >= 4 is 34.4 Å². The van der Waals surface area contributed by atoms with Gasteiger partial charge in [-0.25, -0.2) is 4.99 Å². The van der Waals surface area contributed by atoms with Crippen LogP contribution in [0.3, 0.4) is 0 Å². The predicted octanol–water partition coefficient (Wildman–Crippen LogP) is 1.05. The van der Waals surface area contributed by atoms with Crippen molar-refractivity contribution in [2.75, 3.05) is 14.1 Å². The minimum atomic E-state index is -0.463. The lowest BCUT2D eigenvalue weighted by Crippen LogP contribution is -2.36. The van der Waals surface area contributed by atoms with E-state index in [1.165, 1.54) is 23.2 Å². The molecule has 0 fully saturated rings. The summed E-state index contributed by atoms with van der Waals surface area (Å²) in [6, 6.07) is 8.41. The van der Waals surface area contributed by atoms with Gasteiger partial charge < -0.3 is 10.6 Å². The zero-order valence-electron chi connectivity index (χ0n) is 15.2. The minimum Gasteiger partial charge on any atom is -0.369 e. The molecule has 0 radical (unpaired) electrons. The van der Waals surface area contributed by atoms with Gasteiger partial charge >= 0.3 is 0 Å². The zero-order valence-corrected chi connectivity index (χ0v) is 15.2. The van der Waals surface area contributed by atoms with E-state index in [-0.39, 0.29) is 23.1 Å². The number of aromatic nitrogens is 3. The number of pyridine rings is 1. The number of guanidine groups is 1. The summed E-state index contributed by atoms with van der Waals surface area (Å²) in [5.41, 5.74) is 7.79. The summed E-state index contributed by atoms with van der Waals surface area (Å²) in [5, 5.41) is 7.71. The molecule has 3 N–H and O–H groups in total. The van der Waals surface area contributed by atoms with Crippen molar-refractivity contribution in [3.8, 4) is 0 Å². The number of nitrogens with two attached hydrogens (primary N) is 1. The van der Waals surface area contributed by atoms with Crippen molar-refractivity contribution in [3.63, 3.8) is 0 Å². The molecule has 2 heterocycles. The monoisotopic (exact) mass is 365 g/mol. The van der Waals surface area contributed by atoms with Crippen LogP contribution >= 0.6 is 0 Å². The molecule has 0 saturated carbocycles. The maximum atomic E-state index is 12.3. The topological polar surface area (TPSA) is 119 Å². The molecule has 0 aliphatic rings. The van der Waals surface area contributed by atoms with E-state index in [9.17, 15) is 9.59 Å². The molecule has 9 heteroatoms. The second-order valence-corrected chi connectivity index (χ2v) is 6.13. The standard InChI is InChI=1S/C18H19N7O2/c1-24(2)17(27)15-6-4-11(9-20-15)16(26)22-18(19)21-13-5-7-14-12(8-13)10-25(3)23-14/h4-10H,1-3H3,(H3,19,21,22,26). The summed E-state index contributed by atoms with van der Waals surface area (Å²) in [4.78, 5) is 33.7. The number of benzene rings is 1. The number of hydrogen-bond acceptors (Lipinski definition) is 5. The van der Waals surface area contributed by atoms with Gasteiger partial charge in [0.25, 0.3) is 11.8 Å². The van der Waals surface area contributed by atoms with Crippen LogP contribution in [0.1, 0.15) is 20.8 Å². The number of carbonyl (C=O) groups excluding carboxylic acids is 2. The van der Waals surface area contributed by atoms with E-state index in [1.54, 1.807) is 24.8 Å². The molecule has 0 bridgehead atoms. The molecule has 3 rings (SSSR count). The van der Waals surface area contributed by atoms with Crippen LogP contribution in [0, 0.1) is 0 Å². The number of rotatable bonds is 3. The van der Waals surface area contributed by atoms with Crippen LogP contribution in [0.15, 0.2) is 47.7 Å². The maximum absolute atomic E-state index is 12.3. The number of aliphatic imine (C=N–C) groups is 1. The first kappa shape index (κ1) is 18.1. The van der Waals surface area contributed by atoms with Gasteiger partial charge in [-0.3, -0.25) is 24.6 Å². The van der Waals surface area contributed by atoms with E-state index in [0.29, 0.717) is 5.69 Å². The van der Waals surface area contributed by atoms with E-state index in [4.69, 9.17) is 5.73 Å². The Hall–Kier alpha value is -3.75. The third-order valence-electron chi connectivity index (χ3n) is 3.74. The van der Waals surface area contributed by atoms with Crippen molar-refractivity contribution in [1.29, 1.82) is 0 Å². The maximum Gasteiger partial charge on any atom is 0.271 e. The Morgan fingerprint density at radius 1 is 1.22 bits per heavy atom. The van der Waals surface area contributed by atoms with Crippen molar-refractivity contribution in [2.24, 2.45) is 17.8 Å². The summed E-state index contributed by atoms with van der Waals surface area (Å²) < 4.78 is 1.71. The molecule has 0 unspecified atom stereocenters. The van der Waals surface area contributed by atoms with Gasteiger partial charge in [0.05, 0.1) is 16.8 Å². The normalized spacial score (nSPS) is 11.4. The largest absolute Gasteiger partial charge is 0.369 e. The molecule has 0 aliphatic heterocycles. The third kappa shape index (κ3) is 4.09. The van der Waals surface area contributed by atoms with Gasteiger partial charge in [-0.1, -0.05) is 0 Å². The highest BCUT2D eigenvalue weighted by molar-refractivity contribution is 6.06. The van der Waals surface area contributed by atoms with Gasteiger partial charge in [0.15, 0.2) is 0 Å². The van der Waals surface area contributed by atoms with Crippen molar-refractivity contribution in [2.45, 2.75) is 0 Å². The Labute approximate surface area is 155 Å². The second kappa shape index (κ2) is 7.24. The third-order valence-corrected chi connectivity index (χ3v) is 3.74. The van der Waals surface area contributed by atoms with Gasteiger partial charge in [-0.15, -0.1) is 0 Å². The molecule has 138 valence electrons. The highest BCUT2D eigenvalue weighted by Gasteiger charge is 2.12. The van der Waals surface area contributed by atoms with Gasteiger partial charge in [0.2, 0.25) is 5.96 Å². The first-order chi connectivity index (χ1) is 12.8. The molecule has 0 aliphatic carbocycles. The fourth-order valence-electron chi connectivity index (χ4n) is 2.45. The van der Waals surface area contributed by atoms with Crippen LogP contribution in [0.25, 0.3) is 10.9 Å². The SMILES string of the molecule is CN(C)C(=O)c1ccc(C(=O)NC(N)=Nc2ccc3nn(C)cc3c2)cn1. The minimum absolute atomic E-state index is 0.0447. The van der Waals surface area contributed by atoms with E-state index in [2.05, 4.69) is 20.4 Å². The highest BCUT2D eigenvalue weighted by atomic mass is 16.2. The van der Waals surface area contributed by atoms with E-state index >= 15 is 0 Å². The molecule has 0 spiro atoms.